The van der Waals surface area contributed by atoms with E-state index in [1.807, 2.05) is 57.2 Å². The van der Waals surface area contributed by atoms with E-state index in [0.29, 0.717) is 18.0 Å². The number of nitrogens with one attached hydrogen (secondary N) is 1. The lowest BCUT2D eigenvalue weighted by atomic mass is 10.1. The second kappa shape index (κ2) is 11.6. The van der Waals surface area contributed by atoms with Crippen molar-refractivity contribution in [1.29, 1.82) is 0 Å². The predicted molar refractivity (Wildman–Crippen MR) is 121 cm³/mol. The first kappa shape index (κ1) is 23.7. The van der Waals surface area contributed by atoms with Crippen LogP contribution in [0.5, 0.6) is 5.75 Å². The Hall–Kier alpha value is -2.53. The Balaban J connectivity index is 2.30. The number of hydrogen-bond acceptors (Lipinski definition) is 3. The minimum atomic E-state index is -0.551. The van der Waals surface area contributed by atoms with Gasteiger partial charge in [0.25, 0.3) is 0 Å². The number of amides is 2. The van der Waals surface area contributed by atoms with Crippen LogP contribution in [0.25, 0.3) is 0 Å². The quantitative estimate of drug-likeness (QED) is 0.598. The second-order valence-corrected chi connectivity index (χ2v) is 7.85. The fraction of sp³-hybridized carbons (Fsp3) is 0.417. The van der Waals surface area contributed by atoms with E-state index in [0.717, 1.165) is 23.3 Å². The molecule has 2 rings (SSSR count). The van der Waals surface area contributed by atoms with Crippen LogP contribution < -0.4 is 10.1 Å². The first-order chi connectivity index (χ1) is 14.4. The number of nitrogens with zero attached hydrogens (tertiary/aromatic N) is 1. The average Bonchev–Trinajstić information content (AvgIpc) is 2.75. The van der Waals surface area contributed by atoms with Gasteiger partial charge in [-0.25, -0.2) is 0 Å². The Morgan fingerprint density at radius 3 is 2.37 bits per heavy atom. The van der Waals surface area contributed by atoms with Crippen molar-refractivity contribution in [2.24, 2.45) is 0 Å². The molecular formula is C24H31ClN2O3. The van der Waals surface area contributed by atoms with E-state index in [2.05, 4.69) is 5.32 Å². The average molecular weight is 431 g/mol. The van der Waals surface area contributed by atoms with E-state index >= 15 is 0 Å². The number of ether oxygens (including phenoxy) is 1. The molecule has 0 aliphatic rings. The lowest BCUT2D eigenvalue weighted by molar-refractivity contribution is -0.141. The first-order valence-corrected chi connectivity index (χ1v) is 10.7. The van der Waals surface area contributed by atoms with E-state index in [4.69, 9.17) is 16.3 Å². The predicted octanol–water partition coefficient (Wildman–Crippen LogP) is 4.61. The molecule has 0 aliphatic heterocycles. The molecule has 0 aliphatic carbocycles. The molecule has 0 aromatic heterocycles. The molecule has 5 nitrogen and oxygen atoms in total. The Morgan fingerprint density at radius 1 is 1.07 bits per heavy atom. The van der Waals surface area contributed by atoms with Gasteiger partial charge in [-0.3, -0.25) is 9.59 Å². The Bertz CT molecular complexity index is 839. The van der Waals surface area contributed by atoms with Gasteiger partial charge < -0.3 is 15.0 Å². The fourth-order valence-electron chi connectivity index (χ4n) is 3.21. The standard InChI is InChI=1S/C24H31ClN2O3/c1-5-17(3)26-24(29)22(6-2)27(16-19-8-7-9-21(14-19)30-4)23(28)15-18-10-12-20(25)13-11-18/h7-14,17,22H,5-6,15-16H2,1-4H3,(H,26,29)/t17-,22+/m0/s1. The van der Waals surface area contributed by atoms with Crippen molar-refractivity contribution in [2.75, 3.05) is 7.11 Å². The molecular weight excluding hydrogens is 400 g/mol. The van der Waals surface area contributed by atoms with Gasteiger partial charge in [-0.1, -0.05) is 49.7 Å². The highest BCUT2D eigenvalue weighted by Gasteiger charge is 2.29. The van der Waals surface area contributed by atoms with Crippen LogP contribution in [-0.4, -0.2) is 35.9 Å². The topological polar surface area (TPSA) is 58.6 Å². The maximum atomic E-state index is 13.3. The molecule has 0 heterocycles. The van der Waals surface area contributed by atoms with Gasteiger partial charge in [0, 0.05) is 17.6 Å². The van der Waals surface area contributed by atoms with Gasteiger partial charge in [-0.15, -0.1) is 0 Å². The van der Waals surface area contributed by atoms with E-state index in [1.165, 1.54) is 0 Å². The molecule has 0 unspecified atom stereocenters. The molecule has 2 atom stereocenters. The molecule has 162 valence electrons. The molecule has 2 amide bonds. The van der Waals surface area contributed by atoms with Gasteiger partial charge in [0.15, 0.2) is 0 Å². The van der Waals surface area contributed by atoms with Crippen LogP contribution >= 0.6 is 11.6 Å². The lowest BCUT2D eigenvalue weighted by Crippen LogP contribution is -2.51. The largest absolute Gasteiger partial charge is 0.497 e. The van der Waals surface area contributed by atoms with Crippen molar-refractivity contribution < 1.29 is 14.3 Å². The van der Waals surface area contributed by atoms with Crippen molar-refractivity contribution >= 4 is 23.4 Å². The Labute approximate surface area is 184 Å². The monoisotopic (exact) mass is 430 g/mol. The second-order valence-electron chi connectivity index (χ2n) is 7.42. The molecule has 1 N–H and O–H groups in total. The van der Waals surface area contributed by atoms with Gasteiger partial charge >= 0.3 is 0 Å². The van der Waals surface area contributed by atoms with Crippen LogP contribution in [0.15, 0.2) is 48.5 Å². The highest BCUT2D eigenvalue weighted by atomic mass is 35.5. The summed E-state index contributed by atoms with van der Waals surface area (Å²) in [7, 11) is 1.61. The third-order valence-corrected chi connectivity index (χ3v) is 5.39. The van der Waals surface area contributed by atoms with E-state index in [-0.39, 0.29) is 24.3 Å². The number of benzene rings is 2. The smallest absolute Gasteiger partial charge is 0.243 e. The van der Waals surface area contributed by atoms with Crippen LogP contribution in [0.1, 0.15) is 44.7 Å². The zero-order chi connectivity index (χ0) is 22.1. The summed E-state index contributed by atoms with van der Waals surface area (Å²) in [6, 6.07) is 14.3. The number of methoxy groups -OCH3 is 1. The maximum absolute atomic E-state index is 13.3. The third kappa shape index (κ3) is 6.77. The highest BCUT2D eigenvalue weighted by Crippen LogP contribution is 2.19. The van der Waals surface area contributed by atoms with Crippen molar-refractivity contribution in [2.45, 2.75) is 58.7 Å². The lowest BCUT2D eigenvalue weighted by Gasteiger charge is -2.31. The van der Waals surface area contributed by atoms with Crippen LogP contribution in [0.4, 0.5) is 0 Å². The van der Waals surface area contributed by atoms with Gasteiger partial charge in [-0.05, 0) is 55.2 Å². The maximum Gasteiger partial charge on any atom is 0.243 e. The Morgan fingerprint density at radius 2 is 1.77 bits per heavy atom. The summed E-state index contributed by atoms with van der Waals surface area (Å²) in [5, 5.41) is 3.64. The SMILES string of the molecule is CC[C@H](C(=O)N[C@@H](C)CC)N(Cc1cccc(OC)c1)C(=O)Cc1ccc(Cl)cc1. The number of halogens is 1. The number of carbonyl (C=O) groups excluding carboxylic acids is 2. The summed E-state index contributed by atoms with van der Waals surface area (Å²) in [6.45, 7) is 6.24. The number of carbonyl (C=O) groups is 2. The molecule has 0 bridgehead atoms. The summed E-state index contributed by atoms with van der Waals surface area (Å²) < 4.78 is 5.31. The van der Waals surface area contributed by atoms with Crippen molar-refractivity contribution in [3.05, 3.63) is 64.7 Å². The van der Waals surface area contributed by atoms with E-state index in [9.17, 15) is 9.59 Å². The Kier molecular flexibility index (Phi) is 9.18. The minimum absolute atomic E-state index is 0.0524. The van der Waals surface area contributed by atoms with Gasteiger partial charge in [-0.2, -0.15) is 0 Å². The van der Waals surface area contributed by atoms with Gasteiger partial charge in [0.05, 0.1) is 13.5 Å². The zero-order valence-corrected chi connectivity index (χ0v) is 18.9. The first-order valence-electron chi connectivity index (χ1n) is 10.3. The molecule has 0 spiro atoms. The fourth-order valence-corrected chi connectivity index (χ4v) is 3.33. The third-order valence-electron chi connectivity index (χ3n) is 5.14. The van der Waals surface area contributed by atoms with Gasteiger partial charge in [0.2, 0.25) is 11.8 Å². The zero-order valence-electron chi connectivity index (χ0n) is 18.2. The normalized spacial score (nSPS) is 12.7. The summed E-state index contributed by atoms with van der Waals surface area (Å²) in [5.41, 5.74) is 1.77. The molecule has 2 aromatic rings. The molecule has 0 radical (unpaired) electrons. The van der Waals surface area contributed by atoms with Gasteiger partial charge in [0.1, 0.15) is 11.8 Å². The van der Waals surface area contributed by atoms with Crippen molar-refractivity contribution in [3.8, 4) is 5.75 Å². The van der Waals surface area contributed by atoms with E-state index < -0.39 is 6.04 Å². The summed E-state index contributed by atoms with van der Waals surface area (Å²) >= 11 is 5.96. The molecule has 2 aromatic carbocycles. The van der Waals surface area contributed by atoms with E-state index in [1.54, 1.807) is 24.1 Å². The van der Waals surface area contributed by atoms with Crippen LogP contribution in [-0.2, 0) is 22.6 Å². The number of rotatable bonds is 10. The van der Waals surface area contributed by atoms with Crippen molar-refractivity contribution in [1.82, 2.24) is 10.2 Å². The molecule has 0 saturated carbocycles. The minimum Gasteiger partial charge on any atom is -0.497 e. The summed E-state index contributed by atoms with van der Waals surface area (Å²) in [6.07, 6.45) is 1.56. The molecule has 0 fully saturated rings. The van der Waals surface area contributed by atoms with Crippen LogP contribution in [0.3, 0.4) is 0 Å². The van der Waals surface area contributed by atoms with Crippen molar-refractivity contribution in [3.63, 3.8) is 0 Å². The summed E-state index contributed by atoms with van der Waals surface area (Å²) in [5.74, 6) is 0.486. The van der Waals surface area contributed by atoms with Crippen LogP contribution in [0.2, 0.25) is 5.02 Å². The molecule has 6 heteroatoms. The number of hydrogen-bond donors (Lipinski definition) is 1. The molecule has 0 saturated heterocycles. The molecule has 30 heavy (non-hydrogen) atoms. The highest BCUT2D eigenvalue weighted by molar-refractivity contribution is 6.30. The summed E-state index contributed by atoms with van der Waals surface area (Å²) in [4.78, 5) is 27.9. The van der Waals surface area contributed by atoms with Crippen LogP contribution in [0, 0.1) is 0 Å².